The summed E-state index contributed by atoms with van der Waals surface area (Å²) in [6.45, 7) is 2.89. The van der Waals surface area contributed by atoms with Gasteiger partial charge in [0.15, 0.2) is 16.2 Å². The number of rotatable bonds is 6. The molecule has 0 bridgehead atoms. The van der Waals surface area contributed by atoms with Gasteiger partial charge in [-0.05, 0) is 46.2 Å². The van der Waals surface area contributed by atoms with E-state index in [1.165, 1.54) is 0 Å². The van der Waals surface area contributed by atoms with Gasteiger partial charge in [0.2, 0.25) is 0 Å². The molecule has 0 aliphatic carbocycles. The van der Waals surface area contributed by atoms with Gasteiger partial charge in [0.25, 0.3) is 0 Å². The molecular weight excluding hydrogens is 402 g/mol. The number of hydrogen-bond donors (Lipinski definition) is 1. The maximum absolute atomic E-state index is 5.40. The highest BCUT2D eigenvalue weighted by Gasteiger charge is 2.22. The predicted octanol–water partition coefficient (Wildman–Crippen LogP) is 4.52. The molecule has 0 radical (unpaired) electrons. The smallest absolute Gasteiger partial charge is 0.174 e. The molecule has 1 unspecified atom stereocenters. The maximum Gasteiger partial charge on any atom is 0.174 e. The van der Waals surface area contributed by atoms with Gasteiger partial charge in [-0.3, -0.25) is 0 Å². The van der Waals surface area contributed by atoms with E-state index in [1.54, 1.807) is 20.5 Å². The Balaban J connectivity index is 2.53. The van der Waals surface area contributed by atoms with Crippen LogP contribution < -0.4 is 14.8 Å². The highest BCUT2D eigenvalue weighted by atomic mass is 79.9. The van der Waals surface area contributed by atoms with Crippen LogP contribution in [0.2, 0.25) is 0 Å². The lowest BCUT2D eigenvalue weighted by Gasteiger charge is -2.21. The lowest BCUT2D eigenvalue weighted by atomic mass is 10.0. The van der Waals surface area contributed by atoms with Crippen molar-refractivity contribution in [2.45, 2.75) is 13.0 Å². The van der Waals surface area contributed by atoms with E-state index in [9.17, 15) is 0 Å². The zero-order valence-electron chi connectivity index (χ0n) is 12.1. The fourth-order valence-corrected chi connectivity index (χ4v) is 3.21. The molecule has 1 heterocycles. The first-order valence-corrected chi connectivity index (χ1v) is 8.08. The minimum absolute atomic E-state index is 0.0164. The van der Waals surface area contributed by atoms with Crippen molar-refractivity contribution in [2.75, 3.05) is 20.8 Å². The van der Waals surface area contributed by atoms with Gasteiger partial charge in [-0.15, -0.1) is 0 Å². The summed E-state index contributed by atoms with van der Waals surface area (Å²) in [6.07, 6.45) is 1.67. The number of halogens is 2. The molecule has 2 rings (SSSR count). The quantitative estimate of drug-likeness (QED) is 0.748. The van der Waals surface area contributed by atoms with Gasteiger partial charge in [0.1, 0.15) is 0 Å². The summed E-state index contributed by atoms with van der Waals surface area (Å²) in [6, 6.07) is 5.81. The molecule has 6 heteroatoms. The number of methoxy groups -OCH3 is 2. The first-order chi connectivity index (χ1) is 10.1. The molecule has 1 aromatic carbocycles. The average Bonchev–Trinajstić information content (AvgIpc) is 2.90. The third kappa shape index (κ3) is 3.44. The molecule has 0 saturated heterocycles. The Morgan fingerprint density at radius 3 is 2.33 bits per heavy atom. The van der Waals surface area contributed by atoms with Gasteiger partial charge in [-0.1, -0.05) is 22.9 Å². The molecule has 0 spiro atoms. The van der Waals surface area contributed by atoms with Crippen molar-refractivity contribution in [1.82, 2.24) is 5.32 Å². The molecule has 0 amide bonds. The molecule has 0 aliphatic heterocycles. The second-order valence-electron chi connectivity index (χ2n) is 4.37. The normalized spacial score (nSPS) is 12.2. The summed E-state index contributed by atoms with van der Waals surface area (Å²) in [4.78, 5) is 0. The Hall–Kier alpha value is -0.980. The Morgan fingerprint density at radius 2 is 1.81 bits per heavy atom. The van der Waals surface area contributed by atoms with Gasteiger partial charge < -0.3 is 19.2 Å². The van der Waals surface area contributed by atoms with Crippen LogP contribution in [0.1, 0.15) is 24.1 Å². The molecule has 114 valence electrons. The van der Waals surface area contributed by atoms with Crippen LogP contribution in [-0.2, 0) is 0 Å². The average molecular weight is 419 g/mol. The summed E-state index contributed by atoms with van der Waals surface area (Å²) in [5.41, 5.74) is 2.08. The van der Waals surface area contributed by atoms with E-state index in [0.717, 1.165) is 26.8 Å². The first-order valence-electron chi connectivity index (χ1n) is 6.50. The third-order valence-electron chi connectivity index (χ3n) is 3.18. The fourth-order valence-electron chi connectivity index (χ4n) is 2.19. The summed E-state index contributed by atoms with van der Waals surface area (Å²) >= 11 is 7.06. The Labute approximate surface area is 141 Å². The third-order valence-corrected chi connectivity index (χ3v) is 4.51. The minimum Gasteiger partial charge on any atom is -0.493 e. The summed E-state index contributed by atoms with van der Waals surface area (Å²) in [7, 11) is 3.25. The van der Waals surface area contributed by atoms with Crippen molar-refractivity contribution in [3.05, 3.63) is 44.7 Å². The van der Waals surface area contributed by atoms with Gasteiger partial charge >= 0.3 is 0 Å². The zero-order chi connectivity index (χ0) is 15.4. The van der Waals surface area contributed by atoms with Crippen LogP contribution in [0.4, 0.5) is 0 Å². The lowest BCUT2D eigenvalue weighted by Crippen LogP contribution is -2.22. The van der Waals surface area contributed by atoms with E-state index in [2.05, 4.69) is 44.1 Å². The number of ether oxygens (including phenoxy) is 2. The second kappa shape index (κ2) is 7.33. The van der Waals surface area contributed by atoms with E-state index in [1.807, 2.05) is 18.2 Å². The van der Waals surface area contributed by atoms with Crippen LogP contribution in [0.15, 0.2) is 38.0 Å². The molecule has 1 aromatic heterocycles. The van der Waals surface area contributed by atoms with Crippen molar-refractivity contribution < 1.29 is 13.9 Å². The Bertz CT molecular complexity index is 613. The summed E-state index contributed by atoms with van der Waals surface area (Å²) < 4.78 is 17.7. The van der Waals surface area contributed by atoms with E-state index in [0.29, 0.717) is 11.5 Å². The van der Waals surface area contributed by atoms with Crippen molar-refractivity contribution in [2.24, 2.45) is 0 Å². The number of nitrogens with one attached hydrogen (secondary N) is 1. The molecule has 0 aliphatic rings. The van der Waals surface area contributed by atoms with Crippen molar-refractivity contribution >= 4 is 31.9 Å². The molecule has 1 N–H and O–H groups in total. The molecule has 4 nitrogen and oxygen atoms in total. The van der Waals surface area contributed by atoms with Gasteiger partial charge in [-0.25, -0.2) is 0 Å². The highest BCUT2D eigenvalue weighted by molar-refractivity contribution is 9.10. The molecular formula is C15H17Br2NO3. The molecule has 0 saturated carbocycles. The van der Waals surface area contributed by atoms with E-state index >= 15 is 0 Å². The minimum atomic E-state index is -0.0164. The van der Waals surface area contributed by atoms with Crippen LogP contribution >= 0.6 is 31.9 Å². The monoisotopic (exact) mass is 417 g/mol. The molecule has 1 atom stereocenters. The number of benzene rings is 1. The Morgan fingerprint density at radius 1 is 1.14 bits per heavy atom. The summed E-state index contributed by atoms with van der Waals surface area (Å²) in [5.74, 6) is 1.38. The SMILES string of the molecule is CCNC(c1cc(OC)c(OC)cc1Br)c1ccoc1Br. The van der Waals surface area contributed by atoms with Crippen LogP contribution in [0.3, 0.4) is 0 Å². The van der Waals surface area contributed by atoms with E-state index in [4.69, 9.17) is 13.9 Å². The topological polar surface area (TPSA) is 43.6 Å². The highest BCUT2D eigenvalue weighted by Crippen LogP contribution is 2.39. The van der Waals surface area contributed by atoms with Gasteiger partial charge in [0.05, 0.1) is 26.5 Å². The summed E-state index contributed by atoms with van der Waals surface area (Å²) in [5, 5.41) is 3.46. The van der Waals surface area contributed by atoms with Crippen molar-refractivity contribution in [3.63, 3.8) is 0 Å². The van der Waals surface area contributed by atoms with Crippen LogP contribution in [0.5, 0.6) is 11.5 Å². The predicted molar refractivity (Wildman–Crippen MR) is 89.2 cm³/mol. The molecule has 2 aromatic rings. The fraction of sp³-hybridized carbons (Fsp3) is 0.333. The lowest BCUT2D eigenvalue weighted by molar-refractivity contribution is 0.354. The van der Waals surface area contributed by atoms with Crippen LogP contribution in [-0.4, -0.2) is 20.8 Å². The maximum atomic E-state index is 5.40. The standard InChI is InChI=1S/C15H17Br2NO3/c1-4-18-14(9-5-6-21-15(9)17)10-7-12(19-2)13(20-3)8-11(10)16/h5-8,14,18H,4H2,1-3H3. The van der Waals surface area contributed by atoms with Crippen molar-refractivity contribution in [3.8, 4) is 11.5 Å². The van der Waals surface area contributed by atoms with E-state index in [-0.39, 0.29) is 6.04 Å². The molecule has 21 heavy (non-hydrogen) atoms. The van der Waals surface area contributed by atoms with Gasteiger partial charge in [0, 0.05) is 10.0 Å². The second-order valence-corrected chi connectivity index (χ2v) is 5.94. The van der Waals surface area contributed by atoms with Crippen LogP contribution in [0.25, 0.3) is 0 Å². The van der Waals surface area contributed by atoms with E-state index < -0.39 is 0 Å². The van der Waals surface area contributed by atoms with Crippen LogP contribution in [0, 0.1) is 0 Å². The molecule has 0 fully saturated rings. The number of hydrogen-bond acceptors (Lipinski definition) is 4. The van der Waals surface area contributed by atoms with Gasteiger partial charge in [-0.2, -0.15) is 0 Å². The Kier molecular flexibility index (Phi) is 5.72. The van der Waals surface area contributed by atoms with Crippen molar-refractivity contribution in [1.29, 1.82) is 0 Å². The zero-order valence-corrected chi connectivity index (χ0v) is 15.2. The number of furan rings is 1. The first kappa shape index (κ1) is 16.4. The largest absolute Gasteiger partial charge is 0.493 e.